The summed E-state index contributed by atoms with van der Waals surface area (Å²) in [6, 6.07) is 0. The normalized spacial score (nSPS) is 15.8. The average molecular weight is 675 g/mol. The molecule has 46 heavy (non-hydrogen) atoms. The van der Waals surface area contributed by atoms with E-state index in [1.54, 1.807) is 20.8 Å². The first-order valence-electron chi connectivity index (χ1n) is 14.5. The monoisotopic (exact) mass is 674 g/mol. The predicted octanol–water partition coefficient (Wildman–Crippen LogP) is 0.671. The molecule has 0 spiro atoms. The highest BCUT2D eigenvalue weighted by Crippen LogP contribution is 2.27. The van der Waals surface area contributed by atoms with E-state index < -0.39 is 72.3 Å². The number of nitrogens with zero attached hydrogens (tertiary/aromatic N) is 4. The van der Waals surface area contributed by atoms with E-state index in [2.05, 4.69) is 8.75 Å². The van der Waals surface area contributed by atoms with Gasteiger partial charge in [-0.2, -0.15) is 4.37 Å². The van der Waals surface area contributed by atoms with E-state index in [0.29, 0.717) is 32.1 Å². The molecule has 0 aliphatic carbocycles. The number of amides is 1. The van der Waals surface area contributed by atoms with E-state index in [4.69, 9.17) is 33.2 Å². The molecule has 0 bridgehead atoms. The van der Waals surface area contributed by atoms with Gasteiger partial charge in [0.25, 0.3) is 11.8 Å². The van der Waals surface area contributed by atoms with E-state index in [-0.39, 0.29) is 19.0 Å². The van der Waals surface area contributed by atoms with E-state index >= 15 is 0 Å². The first-order valence-corrected chi connectivity index (χ1v) is 15.2. The van der Waals surface area contributed by atoms with Gasteiger partial charge < -0.3 is 43.0 Å². The average Bonchev–Trinajstić information content (AvgIpc) is 3.44. The van der Waals surface area contributed by atoms with Gasteiger partial charge in [0.15, 0.2) is 31.0 Å². The summed E-state index contributed by atoms with van der Waals surface area (Å²) >= 11 is 0.929. The van der Waals surface area contributed by atoms with E-state index in [1.807, 2.05) is 4.90 Å². The number of rotatable bonds is 15. The predicted molar refractivity (Wildman–Crippen MR) is 159 cm³/mol. The highest BCUT2D eigenvalue weighted by molar-refractivity contribution is 6.99. The van der Waals surface area contributed by atoms with Gasteiger partial charge in [0.2, 0.25) is 5.82 Å². The highest BCUT2D eigenvalue weighted by atomic mass is 32.1. The van der Waals surface area contributed by atoms with Gasteiger partial charge in [-0.05, 0) is 41.5 Å². The molecule has 258 valence electrons. The second-order valence-corrected chi connectivity index (χ2v) is 11.8. The Morgan fingerprint density at radius 3 is 1.96 bits per heavy atom. The van der Waals surface area contributed by atoms with Gasteiger partial charge in [0.1, 0.15) is 6.61 Å². The molecule has 2 rings (SSSR count). The molecule has 1 amide bonds. The summed E-state index contributed by atoms with van der Waals surface area (Å²) in [7, 11) is 0. The van der Waals surface area contributed by atoms with Crippen molar-refractivity contribution < 1.29 is 61.9 Å². The van der Waals surface area contributed by atoms with Crippen LogP contribution in [0.1, 0.15) is 55.4 Å². The minimum absolute atomic E-state index is 0.185. The topological polar surface area (TPSA) is 199 Å². The SMILES string of the molecule is CC(=O)OC(C)C(=O)OCC(=O)N(C[C@@H](COc1nsnc1N1CCOCC1)OC(=O)C(C)OC(=O)C(C)OC(C)=O)C(C)(C)C. The van der Waals surface area contributed by atoms with Crippen molar-refractivity contribution in [2.75, 3.05) is 51.0 Å². The molecule has 1 aliphatic rings. The fourth-order valence-corrected chi connectivity index (χ4v) is 4.51. The summed E-state index contributed by atoms with van der Waals surface area (Å²) in [4.78, 5) is 76.5. The first kappa shape index (κ1) is 38.1. The molecule has 0 saturated carbocycles. The Hall–Kier alpha value is -4.06. The molecular formula is C28H42N4O13S. The van der Waals surface area contributed by atoms with Crippen LogP contribution in [0.25, 0.3) is 0 Å². The number of esters is 5. The fraction of sp³-hybridized carbons (Fsp3) is 0.714. The Balaban J connectivity index is 2.22. The van der Waals surface area contributed by atoms with Gasteiger partial charge in [-0.3, -0.25) is 14.4 Å². The van der Waals surface area contributed by atoms with Gasteiger partial charge in [0, 0.05) is 32.5 Å². The van der Waals surface area contributed by atoms with E-state index in [1.165, 1.54) is 25.7 Å². The van der Waals surface area contributed by atoms with Crippen LogP contribution >= 0.6 is 11.7 Å². The third kappa shape index (κ3) is 12.4. The maximum absolute atomic E-state index is 13.3. The minimum Gasteiger partial charge on any atom is -0.470 e. The molecule has 3 unspecified atom stereocenters. The van der Waals surface area contributed by atoms with Crippen LogP contribution in [0.15, 0.2) is 0 Å². The number of hydrogen-bond acceptors (Lipinski definition) is 17. The van der Waals surface area contributed by atoms with Crippen LogP contribution in [-0.2, 0) is 57.2 Å². The fourth-order valence-electron chi connectivity index (χ4n) is 3.98. The lowest BCUT2D eigenvalue weighted by molar-refractivity contribution is -0.180. The van der Waals surface area contributed by atoms with Crippen LogP contribution < -0.4 is 9.64 Å². The van der Waals surface area contributed by atoms with E-state index in [9.17, 15) is 28.8 Å². The summed E-state index contributed by atoms with van der Waals surface area (Å²) in [5.74, 6) is -4.22. The molecule has 1 aliphatic heterocycles. The number of aromatic nitrogens is 2. The van der Waals surface area contributed by atoms with Crippen LogP contribution in [0.3, 0.4) is 0 Å². The quantitative estimate of drug-likeness (QED) is 0.186. The van der Waals surface area contributed by atoms with Gasteiger partial charge in [-0.1, -0.05) is 0 Å². The molecule has 1 fully saturated rings. The van der Waals surface area contributed by atoms with E-state index in [0.717, 1.165) is 25.6 Å². The zero-order chi connectivity index (χ0) is 34.6. The molecule has 1 saturated heterocycles. The smallest absolute Gasteiger partial charge is 0.347 e. The molecule has 0 radical (unpaired) electrons. The summed E-state index contributed by atoms with van der Waals surface area (Å²) < 4.78 is 45.3. The maximum Gasteiger partial charge on any atom is 0.347 e. The zero-order valence-corrected chi connectivity index (χ0v) is 28.1. The van der Waals surface area contributed by atoms with Crippen molar-refractivity contribution in [2.24, 2.45) is 0 Å². The molecule has 0 aromatic carbocycles. The lowest BCUT2D eigenvalue weighted by atomic mass is 10.1. The van der Waals surface area contributed by atoms with Crippen molar-refractivity contribution in [1.29, 1.82) is 0 Å². The van der Waals surface area contributed by atoms with Crippen molar-refractivity contribution in [1.82, 2.24) is 13.6 Å². The van der Waals surface area contributed by atoms with Gasteiger partial charge >= 0.3 is 29.8 Å². The molecule has 1 aromatic heterocycles. The second-order valence-electron chi connectivity index (χ2n) is 11.2. The van der Waals surface area contributed by atoms with Gasteiger partial charge in [0.05, 0.1) is 31.5 Å². The third-order valence-corrected chi connectivity index (χ3v) is 6.75. The molecule has 2 heterocycles. The Bertz CT molecular complexity index is 1230. The van der Waals surface area contributed by atoms with Crippen LogP contribution in [0.4, 0.5) is 5.82 Å². The minimum atomic E-state index is -1.42. The highest BCUT2D eigenvalue weighted by Gasteiger charge is 2.34. The van der Waals surface area contributed by atoms with Crippen LogP contribution in [0.2, 0.25) is 0 Å². The summed E-state index contributed by atoms with van der Waals surface area (Å²) in [6.45, 7) is 12.2. The summed E-state index contributed by atoms with van der Waals surface area (Å²) in [6.07, 6.45) is -5.04. The van der Waals surface area contributed by atoms with Crippen molar-refractivity contribution >= 4 is 53.3 Å². The molecule has 0 N–H and O–H groups in total. The van der Waals surface area contributed by atoms with Gasteiger partial charge in [-0.25, -0.2) is 14.4 Å². The lowest BCUT2D eigenvalue weighted by Gasteiger charge is -2.37. The first-order chi connectivity index (χ1) is 21.5. The summed E-state index contributed by atoms with van der Waals surface area (Å²) in [5, 5.41) is 0. The van der Waals surface area contributed by atoms with Gasteiger partial charge in [-0.15, -0.1) is 4.37 Å². The van der Waals surface area contributed by atoms with Crippen molar-refractivity contribution in [3.8, 4) is 5.88 Å². The second kappa shape index (κ2) is 17.6. The standard InChI is InChI=1S/C28H42N4O13S/c1-16(42-19(4)33)25(36)41-15-22(35)32(28(6,7)8)13-21(45-27(38)18(3)44-26(37)17(2)43-20(5)34)14-40-24-23(29-46-30-24)31-9-11-39-12-10-31/h16-18,21H,9-15H2,1-8H3/t16?,17?,18?,21-/m0/s1. The molecular weight excluding hydrogens is 632 g/mol. The molecule has 17 nitrogen and oxygen atoms in total. The van der Waals surface area contributed by atoms with Crippen LogP contribution in [-0.4, -0.2) is 125 Å². The van der Waals surface area contributed by atoms with Crippen LogP contribution in [0.5, 0.6) is 5.88 Å². The third-order valence-electron chi connectivity index (χ3n) is 6.25. The zero-order valence-electron chi connectivity index (χ0n) is 27.3. The van der Waals surface area contributed by atoms with Crippen molar-refractivity contribution in [2.45, 2.75) is 85.3 Å². The number of carbonyl (C=O) groups excluding carboxylic acids is 6. The Morgan fingerprint density at radius 1 is 0.848 bits per heavy atom. The molecule has 18 heteroatoms. The number of anilines is 1. The van der Waals surface area contributed by atoms with Crippen LogP contribution in [0, 0.1) is 0 Å². The summed E-state index contributed by atoms with van der Waals surface area (Å²) in [5.41, 5.74) is -0.867. The van der Waals surface area contributed by atoms with Crippen molar-refractivity contribution in [3.63, 3.8) is 0 Å². The maximum atomic E-state index is 13.3. The Morgan fingerprint density at radius 2 is 1.39 bits per heavy atom. The number of morpholine rings is 1. The number of hydrogen-bond donors (Lipinski definition) is 0. The molecule has 1 aromatic rings. The molecule has 4 atom stereocenters. The van der Waals surface area contributed by atoms with Crippen molar-refractivity contribution in [3.05, 3.63) is 0 Å². The Kier molecular flexibility index (Phi) is 14.6. The largest absolute Gasteiger partial charge is 0.470 e. The number of ether oxygens (including phenoxy) is 7. The Labute approximate surface area is 271 Å². The number of carbonyl (C=O) groups is 6. The lowest BCUT2D eigenvalue weighted by Crippen LogP contribution is -2.52.